The van der Waals surface area contributed by atoms with E-state index in [1.54, 1.807) is 24.1 Å². The number of rotatable bonds is 3. The second-order valence-electron chi connectivity index (χ2n) is 5.06. The Kier molecular flexibility index (Phi) is 3.36. The molecule has 2 N–H and O–H groups in total. The Morgan fingerprint density at radius 1 is 1.14 bits per heavy atom. The van der Waals surface area contributed by atoms with Crippen LogP contribution < -0.4 is 0 Å². The van der Waals surface area contributed by atoms with E-state index in [1.807, 2.05) is 42.5 Å². The number of amides is 1. The number of H-pyrrole nitrogens is 1. The second-order valence-corrected chi connectivity index (χ2v) is 5.06. The van der Waals surface area contributed by atoms with Crippen molar-refractivity contribution < 1.29 is 9.90 Å². The molecule has 106 valence electrons. The molecule has 0 bridgehead atoms. The van der Waals surface area contributed by atoms with Crippen LogP contribution in [0.3, 0.4) is 0 Å². The first-order chi connectivity index (χ1) is 10.1. The molecule has 0 fully saturated rings. The zero-order valence-corrected chi connectivity index (χ0v) is 11.7. The monoisotopic (exact) mass is 280 g/mol. The van der Waals surface area contributed by atoms with Crippen LogP contribution in [0.15, 0.2) is 54.6 Å². The standard InChI is InChI=1S/C17H16N2O2/c1-19(11-13-7-3-5-9-16(13)20)17(21)15-10-12-6-2-4-8-14(12)18-15/h2-10,18,20H,11H2,1H3. The van der Waals surface area contributed by atoms with E-state index in [0.29, 0.717) is 12.2 Å². The van der Waals surface area contributed by atoms with Crippen molar-refractivity contribution >= 4 is 16.8 Å². The van der Waals surface area contributed by atoms with E-state index < -0.39 is 0 Å². The number of para-hydroxylation sites is 2. The molecule has 2 aromatic carbocycles. The SMILES string of the molecule is CN(Cc1ccccc1O)C(=O)c1cc2ccccc2[nH]1. The van der Waals surface area contributed by atoms with Gasteiger partial charge in [0.1, 0.15) is 11.4 Å². The smallest absolute Gasteiger partial charge is 0.270 e. The molecule has 4 heteroatoms. The van der Waals surface area contributed by atoms with E-state index in [4.69, 9.17) is 0 Å². The van der Waals surface area contributed by atoms with Crippen molar-refractivity contribution in [3.63, 3.8) is 0 Å². The third-order valence-electron chi connectivity index (χ3n) is 3.51. The first-order valence-electron chi connectivity index (χ1n) is 6.75. The van der Waals surface area contributed by atoms with E-state index >= 15 is 0 Å². The highest BCUT2D eigenvalue weighted by Gasteiger charge is 2.15. The molecule has 0 aliphatic rings. The van der Waals surface area contributed by atoms with Gasteiger partial charge in [0.2, 0.25) is 0 Å². The molecule has 3 rings (SSSR count). The highest BCUT2D eigenvalue weighted by molar-refractivity contribution is 5.97. The number of hydrogen-bond donors (Lipinski definition) is 2. The predicted octanol–water partition coefficient (Wildman–Crippen LogP) is 3.15. The van der Waals surface area contributed by atoms with E-state index in [0.717, 1.165) is 16.5 Å². The Balaban J connectivity index is 1.82. The lowest BCUT2D eigenvalue weighted by atomic mass is 10.2. The molecule has 0 aliphatic carbocycles. The molecule has 0 saturated heterocycles. The molecule has 0 aliphatic heterocycles. The van der Waals surface area contributed by atoms with E-state index in [2.05, 4.69) is 4.98 Å². The number of fused-ring (bicyclic) bond motifs is 1. The topological polar surface area (TPSA) is 56.3 Å². The van der Waals surface area contributed by atoms with Crippen molar-refractivity contribution in [2.75, 3.05) is 7.05 Å². The van der Waals surface area contributed by atoms with Gasteiger partial charge < -0.3 is 15.0 Å². The summed E-state index contributed by atoms with van der Waals surface area (Å²) in [6.45, 7) is 0.362. The van der Waals surface area contributed by atoms with Gasteiger partial charge in [0.15, 0.2) is 0 Å². The Morgan fingerprint density at radius 3 is 2.62 bits per heavy atom. The van der Waals surface area contributed by atoms with Gasteiger partial charge in [-0.1, -0.05) is 36.4 Å². The lowest BCUT2D eigenvalue weighted by Crippen LogP contribution is -2.26. The minimum absolute atomic E-state index is 0.102. The Morgan fingerprint density at radius 2 is 1.86 bits per heavy atom. The van der Waals surface area contributed by atoms with Gasteiger partial charge in [0.25, 0.3) is 5.91 Å². The number of aromatic amines is 1. The minimum atomic E-state index is -0.102. The van der Waals surface area contributed by atoms with E-state index in [9.17, 15) is 9.90 Å². The van der Waals surface area contributed by atoms with Gasteiger partial charge in [0.05, 0.1) is 0 Å². The van der Waals surface area contributed by atoms with Crippen LogP contribution >= 0.6 is 0 Å². The molecule has 1 amide bonds. The van der Waals surface area contributed by atoms with Crippen molar-refractivity contribution in [2.45, 2.75) is 6.54 Å². The highest BCUT2D eigenvalue weighted by Crippen LogP contribution is 2.19. The van der Waals surface area contributed by atoms with Crippen molar-refractivity contribution in [3.05, 3.63) is 65.9 Å². The number of aromatic hydroxyl groups is 1. The number of carbonyl (C=O) groups is 1. The van der Waals surface area contributed by atoms with Gasteiger partial charge >= 0.3 is 0 Å². The molecule has 1 aromatic heterocycles. The average molecular weight is 280 g/mol. The van der Waals surface area contributed by atoms with Gasteiger partial charge in [-0.2, -0.15) is 0 Å². The summed E-state index contributed by atoms with van der Waals surface area (Å²) >= 11 is 0. The molecule has 0 unspecified atom stereocenters. The van der Waals surface area contributed by atoms with Gasteiger partial charge in [-0.25, -0.2) is 0 Å². The summed E-state index contributed by atoms with van der Waals surface area (Å²) < 4.78 is 0. The number of nitrogens with zero attached hydrogens (tertiary/aromatic N) is 1. The molecule has 0 atom stereocenters. The Hall–Kier alpha value is -2.75. The molecular weight excluding hydrogens is 264 g/mol. The van der Waals surface area contributed by atoms with Crippen LogP contribution in [0.2, 0.25) is 0 Å². The van der Waals surface area contributed by atoms with Crippen LogP contribution in [0, 0.1) is 0 Å². The summed E-state index contributed by atoms with van der Waals surface area (Å²) in [4.78, 5) is 17.1. The van der Waals surface area contributed by atoms with Crippen molar-refractivity contribution in [2.24, 2.45) is 0 Å². The molecule has 21 heavy (non-hydrogen) atoms. The molecule has 1 heterocycles. The van der Waals surface area contributed by atoms with Gasteiger partial charge in [-0.3, -0.25) is 4.79 Å². The van der Waals surface area contributed by atoms with Crippen LogP contribution in [0.1, 0.15) is 16.1 Å². The Bertz CT molecular complexity index is 759. The van der Waals surface area contributed by atoms with E-state index in [1.165, 1.54) is 0 Å². The number of phenols is 1. The summed E-state index contributed by atoms with van der Waals surface area (Å²) in [6.07, 6.45) is 0. The number of carbonyl (C=O) groups excluding carboxylic acids is 1. The average Bonchev–Trinajstić information content (AvgIpc) is 2.92. The van der Waals surface area contributed by atoms with Gasteiger partial charge in [-0.05, 0) is 18.2 Å². The maximum atomic E-state index is 12.4. The summed E-state index contributed by atoms with van der Waals surface area (Å²) in [6, 6.07) is 16.7. The van der Waals surface area contributed by atoms with Crippen molar-refractivity contribution in [1.82, 2.24) is 9.88 Å². The summed E-state index contributed by atoms with van der Waals surface area (Å²) in [5, 5.41) is 10.8. The van der Waals surface area contributed by atoms with Crippen LogP contribution in [0.25, 0.3) is 10.9 Å². The number of nitrogens with one attached hydrogen (secondary N) is 1. The molecule has 3 aromatic rings. The number of aromatic nitrogens is 1. The first kappa shape index (κ1) is 13.2. The van der Waals surface area contributed by atoms with Gasteiger partial charge in [-0.15, -0.1) is 0 Å². The third kappa shape index (κ3) is 2.60. The number of hydrogen-bond acceptors (Lipinski definition) is 2. The third-order valence-corrected chi connectivity index (χ3v) is 3.51. The largest absolute Gasteiger partial charge is 0.508 e. The van der Waals surface area contributed by atoms with Crippen molar-refractivity contribution in [3.8, 4) is 5.75 Å². The molecular formula is C17H16N2O2. The molecule has 0 saturated carbocycles. The quantitative estimate of drug-likeness (QED) is 0.774. The molecule has 4 nitrogen and oxygen atoms in total. The fraction of sp³-hybridized carbons (Fsp3) is 0.118. The normalized spacial score (nSPS) is 10.7. The zero-order valence-electron chi connectivity index (χ0n) is 11.7. The minimum Gasteiger partial charge on any atom is -0.508 e. The highest BCUT2D eigenvalue weighted by atomic mass is 16.3. The van der Waals surface area contributed by atoms with Crippen LogP contribution in [0.5, 0.6) is 5.75 Å². The summed E-state index contributed by atoms with van der Waals surface area (Å²) in [7, 11) is 1.72. The first-order valence-corrected chi connectivity index (χ1v) is 6.75. The molecule has 0 spiro atoms. The maximum absolute atomic E-state index is 12.4. The number of benzene rings is 2. The lowest BCUT2D eigenvalue weighted by molar-refractivity contribution is 0.0779. The van der Waals surface area contributed by atoms with Crippen LogP contribution in [-0.2, 0) is 6.54 Å². The fourth-order valence-corrected chi connectivity index (χ4v) is 2.37. The van der Waals surface area contributed by atoms with Crippen molar-refractivity contribution in [1.29, 1.82) is 0 Å². The summed E-state index contributed by atoms with van der Waals surface area (Å²) in [5.74, 6) is 0.100. The lowest BCUT2D eigenvalue weighted by Gasteiger charge is -2.17. The zero-order chi connectivity index (χ0) is 14.8. The second kappa shape index (κ2) is 5.32. The van der Waals surface area contributed by atoms with Crippen LogP contribution in [0.4, 0.5) is 0 Å². The van der Waals surface area contributed by atoms with Crippen LogP contribution in [-0.4, -0.2) is 27.9 Å². The predicted molar refractivity (Wildman–Crippen MR) is 82.2 cm³/mol. The Labute approximate surface area is 122 Å². The molecule has 0 radical (unpaired) electrons. The fourth-order valence-electron chi connectivity index (χ4n) is 2.37. The maximum Gasteiger partial charge on any atom is 0.270 e. The van der Waals surface area contributed by atoms with Gasteiger partial charge in [0, 0.05) is 30.1 Å². The van der Waals surface area contributed by atoms with E-state index in [-0.39, 0.29) is 11.7 Å². The summed E-state index contributed by atoms with van der Waals surface area (Å²) in [5.41, 5.74) is 2.22. The number of phenolic OH excluding ortho intramolecular Hbond substituents is 1.